The number of hydrogen-bond donors (Lipinski definition) is 1. The van der Waals surface area contributed by atoms with Gasteiger partial charge in [0, 0.05) is 18.8 Å². The highest BCUT2D eigenvalue weighted by Crippen LogP contribution is 2.23. The van der Waals surface area contributed by atoms with Gasteiger partial charge in [-0.1, -0.05) is 18.2 Å². The van der Waals surface area contributed by atoms with E-state index in [0.29, 0.717) is 0 Å². The van der Waals surface area contributed by atoms with Gasteiger partial charge in [0.1, 0.15) is 0 Å². The third-order valence-electron chi connectivity index (χ3n) is 3.81. The summed E-state index contributed by atoms with van der Waals surface area (Å²) < 4.78 is 1.98. The largest absolute Gasteiger partial charge is 0.390 e. The van der Waals surface area contributed by atoms with E-state index >= 15 is 0 Å². The van der Waals surface area contributed by atoms with Gasteiger partial charge in [-0.3, -0.25) is 0 Å². The zero-order chi connectivity index (χ0) is 13.0. The first-order chi connectivity index (χ1) is 8.72. The van der Waals surface area contributed by atoms with Gasteiger partial charge in [-0.25, -0.2) is 4.98 Å². The third kappa shape index (κ3) is 3.28. The minimum atomic E-state index is 0.0649. The predicted octanol–water partition coefficient (Wildman–Crippen LogP) is 1.88. The Morgan fingerprint density at radius 3 is 2.94 bits per heavy atom. The van der Waals surface area contributed by atoms with Crippen molar-refractivity contribution < 1.29 is 5.11 Å². The highest BCUT2D eigenvalue weighted by atomic mass is 32.2. The third-order valence-corrected chi connectivity index (χ3v) is 4.88. The molecule has 1 aromatic heterocycles. The molecule has 0 bridgehead atoms. The van der Waals surface area contributed by atoms with Crippen molar-refractivity contribution in [1.82, 2.24) is 14.5 Å². The predicted molar refractivity (Wildman–Crippen MR) is 74.7 cm³/mol. The lowest BCUT2D eigenvalue weighted by Gasteiger charge is -2.32. The van der Waals surface area contributed by atoms with Crippen LogP contribution in [0.25, 0.3) is 0 Å². The van der Waals surface area contributed by atoms with Crippen LogP contribution in [0.1, 0.15) is 31.4 Å². The van der Waals surface area contributed by atoms with Gasteiger partial charge in [0.2, 0.25) is 0 Å². The molecule has 0 saturated carbocycles. The van der Waals surface area contributed by atoms with Gasteiger partial charge in [0.15, 0.2) is 5.16 Å². The fourth-order valence-corrected chi connectivity index (χ4v) is 3.51. The Morgan fingerprint density at radius 2 is 2.28 bits per heavy atom. The van der Waals surface area contributed by atoms with Crippen molar-refractivity contribution >= 4 is 11.8 Å². The molecule has 1 unspecified atom stereocenters. The molecule has 5 heteroatoms. The Bertz CT molecular complexity index is 380. The molecule has 2 heterocycles. The van der Waals surface area contributed by atoms with E-state index in [-0.39, 0.29) is 6.61 Å². The summed E-state index contributed by atoms with van der Waals surface area (Å²) in [6.45, 7) is 1.31. The number of aliphatic hydroxyl groups excluding tert-OH is 1. The maximum Gasteiger partial charge on any atom is 0.167 e. The van der Waals surface area contributed by atoms with Crippen LogP contribution >= 0.6 is 11.8 Å². The summed E-state index contributed by atoms with van der Waals surface area (Å²) in [5.41, 5.74) is 0.882. The normalized spacial score (nSPS) is 21.4. The number of piperidine rings is 1. The van der Waals surface area contributed by atoms with Crippen molar-refractivity contribution in [2.24, 2.45) is 7.05 Å². The summed E-state index contributed by atoms with van der Waals surface area (Å²) in [7, 11) is 4.20. The maximum atomic E-state index is 9.12. The molecule has 1 aromatic rings. The van der Waals surface area contributed by atoms with E-state index in [1.807, 2.05) is 11.6 Å². The van der Waals surface area contributed by atoms with Crippen molar-refractivity contribution in [2.45, 2.75) is 43.5 Å². The molecule has 1 saturated heterocycles. The van der Waals surface area contributed by atoms with Gasteiger partial charge >= 0.3 is 0 Å². The fraction of sp³-hybridized carbons (Fsp3) is 0.769. The number of imidazole rings is 1. The SMILES string of the molecule is CN1CCCCC1CCSc1ncc(CO)n1C. The number of hydrogen-bond acceptors (Lipinski definition) is 4. The van der Waals surface area contributed by atoms with Crippen LogP contribution in [0, 0.1) is 0 Å². The molecule has 1 N–H and O–H groups in total. The summed E-state index contributed by atoms with van der Waals surface area (Å²) >= 11 is 1.79. The highest BCUT2D eigenvalue weighted by molar-refractivity contribution is 7.99. The van der Waals surface area contributed by atoms with Gasteiger partial charge in [-0.05, 0) is 32.9 Å². The Balaban J connectivity index is 1.79. The zero-order valence-corrected chi connectivity index (χ0v) is 12.1. The van der Waals surface area contributed by atoms with E-state index in [1.165, 1.54) is 32.2 Å². The first-order valence-corrected chi connectivity index (χ1v) is 7.65. The molecule has 18 heavy (non-hydrogen) atoms. The molecule has 1 aliphatic rings. The van der Waals surface area contributed by atoms with Crippen molar-refractivity contribution in [3.8, 4) is 0 Å². The first kappa shape index (κ1) is 13.9. The Hall–Kier alpha value is -0.520. The zero-order valence-electron chi connectivity index (χ0n) is 11.3. The van der Waals surface area contributed by atoms with Gasteiger partial charge in [-0.2, -0.15) is 0 Å². The van der Waals surface area contributed by atoms with E-state index in [0.717, 1.165) is 22.6 Å². The first-order valence-electron chi connectivity index (χ1n) is 6.67. The summed E-state index contributed by atoms with van der Waals surface area (Å²) in [4.78, 5) is 6.83. The molecule has 102 valence electrons. The summed E-state index contributed by atoms with van der Waals surface area (Å²) in [6, 6.07) is 0.740. The Labute approximate surface area is 113 Å². The maximum absolute atomic E-state index is 9.12. The van der Waals surface area contributed by atoms with Crippen LogP contribution in [-0.2, 0) is 13.7 Å². The average Bonchev–Trinajstić information content (AvgIpc) is 2.73. The Kier molecular flexibility index (Phi) is 5.09. The second-order valence-electron chi connectivity index (χ2n) is 5.02. The molecule has 0 radical (unpaired) electrons. The van der Waals surface area contributed by atoms with Crippen LogP contribution in [0.3, 0.4) is 0 Å². The van der Waals surface area contributed by atoms with Crippen molar-refractivity contribution in [3.05, 3.63) is 11.9 Å². The molecule has 1 aliphatic heterocycles. The number of aromatic nitrogens is 2. The quantitative estimate of drug-likeness (QED) is 0.829. The van der Waals surface area contributed by atoms with Crippen LogP contribution in [0.15, 0.2) is 11.4 Å². The van der Waals surface area contributed by atoms with E-state index in [1.54, 1.807) is 18.0 Å². The second kappa shape index (κ2) is 6.59. The molecule has 0 amide bonds. The van der Waals surface area contributed by atoms with Gasteiger partial charge in [-0.15, -0.1) is 0 Å². The highest BCUT2D eigenvalue weighted by Gasteiger charge is 2.18. The van der Waals surface area contributed by atoms with Crippen LogP contribution in [0.4, 0.5) is 0 Å². The Morgan fingerprint density at radius 1 is 1.44 bits per heavy atom. The monoisotopic (exact) mass is 269 g/mol. The van der Waals surface area contributed by atoms with Gasteiger partial charge in [0.05, 0.1) is 18.5 Å². The minimum absolute atomic E-state index is 0.0649. The lowest BCUT2D eigenvalue weighted by atomic mass is 10.0. The summed E-state index contributed by atoms with van der Waals surface area (Å²) in [5, 5.41) is 10.1. The van der Waals surface area contributed by atoms with Crippen LogP contribution in [0.2, 0.25) is 0 Å². The molecular weight excluding hydrogens is 246 g/mol. The standard InChI is InChI=1S/C13H23N3OS/c1-15-7-4-3-5-11(15)6-8-18-13-14-9-12(10-17)16(13)2/h9,11,17H,3-8,10H2,1-2H3. The molecular formula is C13H23N3OS. The van der Waals surface area contributed by atoms with Crippen LogP contribution in [-0.4, -0.2) is 44.9 Å². The second-order valence-corrected chi connectivity index (χ2v) is 6.08. The molecule has 0 aliphatic carbocycles. The van der Waals surface area contributed by atoms with Crippen LogP contribution < -0.4 is 0 Å². The average molecular weight is 269 g/mol. The topological polar surface area (TPSA) is 41.3 Å². The smallest absolute Gasteiger partial charge is 0.167 e. The number of nitrogens with zero attached hydrogens (tertiary/aromatic N) is 3. The molecule has 0 spiro atoms. The lowest BCUT2D eigenvalue weighted by molar-refractivity contribution is 0.182. The molecule has 1 fully saturated rings. The number of rotatable bonds is 5. The van der Waals surface area contributed by atoms with Crippen LogP contribution in [0.5, 0.6) is 0 Å². The molecule has 2 rings (SSSR count). The number of aliphatic hydroxyl groups is 1. The van der Waals surface area contributed by atoms with Crippen molar-refractivity contribution in [1.29, 1.82) is 0 Å². The van der Waals surface area contributed by atoms with E-state index in [2.05, 4.69) is 16.9 Å². The number of thioether (sulfide) groups is 1. The number of likely N-dealkylation sites (tertiary alicyclic amines) is 1. The van der Waals surface area contributed by atoms with Crippen molar-refractivity contribution in [3.63, 3.8) is 0 Å². The van der Waals surface area contributed by atoms with Gasteiger partial charge in [0.25, 0.3) is 0 Å². The van der Waals surface area contributed by atoms with Gasteiger partial charge < -0.3 is 14.6 Å². The minimum Gasteiger partial charge on any atom is -0.390 e. The van der Waals surface area contributed by atoms with Crippen molar-refractivity contribution in [2.75, 3.05) is 19.3 Å². The fourth-order valence-electron chi connectivity index (χ4n) is 2.50. The molecule has 0 aromatic carbocycles. The lowest BCUT2D eigenvalue weighted by Crippen LogP contribution is -2.36. The molecule has 1 atom stereocenters. The summed E-state index contributed by atoms with van der Waals surface area (Å²) in [5.74, 6) is 1.10. The summed E-state index contributed by atoms with van der Waals surface area (Å²) in [6.07, 6.45) is 7.03. The van der Waals surface area contributed by atoms with E-state index < -0.39 is 0 Å². The van der Waals surface area contributed by atoms with E-state index in [4.69, 9.17) is 5.11 Å². The molecule has 4 nitrogen and oxygen atoms in total. The van der Waals surface area contributed by atoms with E-state index in [9.17, 15) is 0 Å².